The third-order valence-corrected chi connectivity index (χ3v) is 3.75. The van der Waals surface area contributed by atoms with Gasteiger partial charge in [-0.2, -0.15) is 8.78 Å². The Balaban J connectivity index is 1.85. The Hall–Kier alpha value is -1.89. The van der Waals surface area contributed by atoms with E-state index in [-0.39, 0.29) is 17.4 Å². The second-order valence-corrected chi connectivity index (χ2v) is 5.48. The van der Waals surface area contributed by atoms with Gasteiger partial charge in [0.05, 0.1) is 13.7 Å². The molecule has 0 aliphatic carbocycles. The summed E-state index contributed by atoms with van der Waals surface area (Å²) in [6.07, 6.45) is 3.50. The monoisotopic (exact) mass is 328 g/mol. The third-order valence-electron chi connectivity index (χ3n) is 3.75. The number of likely N-dealkylation sites (tertiary alicyclic amines) is 1. The second-order valence-electron chi connectivity index (χ2n) is 5.48. The van der Waals surface area contributed by atoms with Crippen molar-refractivity contribution in [1.29, 1.82) is 0 Å². The number of halogens is 2. The summed E-state index contributed by atoms with van der Waals surface area (Å²) in [6.45, 7) is -0.275. The number of nitrogens with one attached hydrogen (secondary N) is 1. The smallest absolute Gasteiger partial charge is 0.387 e. The molecular formula is C16H22F2N2O3. The van der Waals surface area contributed by atoms with Crippen LogP contribution in [0.3, 0.4) is 0 Å². The fourth-order valence-corrected chi connectivity index (χ4v) is 2.59. The van der Waals surface area contributed by atoms with Crippen LogP contribution in [-0.2, 0) is 11.3 Å². The molecule has 0 radical (unpaired) electrons. The molecule has 1 aliphatic rings. The lowest BCUT2D eigenvalue weighted by atomic mass is 10.1. The van der Waals surface area contributed by atoms with Crippen LogP contribution in [0.4, 0.5) is 8.78 Å². The molecule has 0 bridgehead atoms. The summed E-state index contributed by atoms with van der Waals surface area (Å²) in [7, 11) is 1.38. The van der Waals surface area contributed by atoms with Crippen molar-refractivity contribution in [1.82, 2.24) is 10.2 Å². The standard InChI is InChI=1S/C16H22F2N2O3/c1-22-14-9-12(5-6-13(14)23-16(17)18)10-19-15(21)11-20-7-3-2-4-8-20/h5-6,9,16H,2-4,7-8,10-11H2,1H3,(H,19,21). The first-order valence-corrected chi connectivity index (χ1v) is 7.69. The molecule has 23 heavy (non-hydrogen) atoms. The number of carbonyl (C=O) groups excluding carboxylic acids is 1. The number of benzene rings is 1. The Morgan fingerprint density at radius 3 is 2.65 bits per heavy atom. The maximum Gasteiger partial charge on any atom is 0.387 e. The number of alkyl halides is 2. The highest BCUT2D eigenvalue weighted by Crippen LogP contribution is 2.29. The van der Waals surface area contributed by atoms with Crippen molar-refractivity contribution in [2.24, 2.45) is 0 Å². The summed E-state index contributed by atoms with van der Waals surface area (Å²) in [5.74, 6) is 0.151. The Morgan fingerprint density at radius 2 is 2.00 bits per heavy atom. The van der Waals surface area contributed by atoms with Crippen molar-refractivity contribution in [2.45, 2.75) is 32.4 Å². The lowest BCUT2D eigenvalue weighted by Crippen LogP contribution is -2.39. The molecular weight excluding hydrogens is 306 g/mol. The van der Waals surface area contributed by atoms with E-state index in [1.165, 1.54) is 19.6 Å². The Labute approximate surface area is 134 Å². The molecule has 0 spiro atoms. The van der Waals surface area contributed by atoms with E-state index in [0.717, 1.165) is 31.5 Å². The number of piperidine rings is 1. The molecule has 0 atom stereocenters. The van der Waals surface area contributed by atoms with E-state index in [9.17, 15) is 13.6 Å². The lowest BCUT2D eigenvalue weighted by Gasteiger charge is -2.25. The first-order chi connectivity index (χ1) is 11.1. The molecule has 7 heteroatoms. The fourth-order valence-electron chi connectivity index (χ4n) is 2.59. The van der Waals surface area contributed by atoms with Gasteiger partial charge < -0.3 is 14.8 Å². The molecule has 1 fully saturated rings. The van der Waals surface area contributed by atoms with Crippen molar-refractivity contribution in [3.63, 3.8) is 0 Å². The van der Waals surface area contributed by atoms with Crippen LogP contribution in [0.15, 0.2) is 18.2 Å². The first-order valence-electron chi connectivity index (χ1n) is 7.69. The number of rotatable bonds is 7. The van der Waals surface area contributed by atoms with Crippen LogP contribution in [0.5, 0.6) is 11.5 Å². The van der Waals surface area contributed by atoms with Gasteiger partial charge in [0.2, 0.25) is 5.91 Å². The van der Waals surface area contributed by atoms with Crippen molar-refractivity contribution in [2.75, 3.05) is 26.7 Å². The topological polar surface area (TPSA) is 50.8 Å². The molecule has 5 nitrogen and oxygen atoms in total. The predicted octanol–water partition coefficient (Wildman–Crippen LogP) is 2.40. The van der Waals surface area contributed by atoms with Gasteiger partial charge in [0, 0.05) is 6.54 Å². The zero-order valence-electron chi connectivity index (χ0n) is 13.2. The Morgan fingerprint density at radius 1 is 1.26 bits per heavy atom. The normalized spacial score (nSPS) is 15.5. The highest BCUT2D eigenvalue weighted by Gasteiger charge is 2.14. The average molecular weight is 328 g/mol. The maximum atomic E-state index is 12.3. The fraction of sp³-hybridized carbons (Fsp3) is 0.562. The molecule has 2 rings (SSSR count). The minimum absolute atomic E-state index is 0.0223. The van der Waals surface area contributed by atoms with Crippen molar-refractivity contribution in [3.05, 3.63) is 23.8 Å². The molecule has 0 aromatic heterocycles. The molecule has 0 unspecified atom stereocenters. The van der Waals surface area contributed by atoms with E-state index < -0.39 is 6.61 Å². The SMILES string of the molecule is COc1cc(CNC(=O)CN2CCCCC2)ccc1OC(F)F. The number of nitrogens with zero attached hydrogens (tertiary/aromatic N) is 1. The van der Waals surface area contributed by atoms with Gasteiger partial charge in [-0.25, -0.2) is 0 Å². The van der Waals surface area contributed by atoms with E-state index in [2.05, 4.69) is 15.0 Å². The molecule has 128 valence electrons. The summed E-state index contributed by atoms with van der Waals surface area (Å²) >= 11 is 0. The number of ether oxygens (including phenoxy) is 2. The average Bonchev–Trinajstić information content (AvgIpc) is 2.54. The Bertz CT molecular complexity index is 520. The highest BCUT2D eigenvalue weighted by molar-refractivity contribution is 5.78. The quantitative estimate of drug-likeness (QED) is 0.835. The lowest BCUT2D eigenvalue weighted by molar-refractivity contribution is -0.122. The van der Waals surface area contributed by atoms with Gasteiger partial charge in [-0.1, -0.05) is 12.5 Å². The number of methoxy groups -OCH3 is 1. The first kappa shape index (κ1) is 17.5. The molecule has 1 saturated heterocycles. The van der Waals surface area contributed by atoms with Gasteiger partial charge in [0.15, 0.2) is 11.5 Å². The number of hydrogen-bond acceptors (Lipinski definition) is 4. The largest absolute Gasteiger partial charge is 0.493 e. The van der Waals surface area contributed by atoms with Crippen LogP contribution in [0.2, 0.25) is 0 Å². The minimum atomic E-state index is -2.90. The minimum Gasteiger partial charge on any atom is -0.493 e. The van der Waals surface area contributed by atoms with Gasteiger partial charge in [-0.05, 0) is 43.6 Å². The maximum absolute atomic E-state index is 12.3. The van der Waals surface area contributed by atoms with Crippen LogP contribution in [0, 0.1) is 0 Å². The van der Waals surface area contributed by atoms with Crippen LogP contribution in [-0.4, -0.2) is 44.2 Å². The summed E-state index contributed by atoms with van der Waals surface area (Å²) in [6, 6.07) is 4.62. The molecule has 1 N–H and O–H groups in total. The van der Waals surface area contributed by atoms with Gasteiger partial charge in [-0.15, -0.1) is 0 Å². The van der Waals surface area contributed by atoms with Crippen LogP contribution in [0.1, 0.15) is 24.8 Å². The summed E-state index contributed by atoms with van der Waals surface area (Å²) < 4.78 is 33.9. The van der Waals surface area contributed by atoms with Crippen LogP contribution >= 0.6 is 0 Å². The third kappa shape index (κ3) is 5.67. The van der Waals surface area contributed by atoms with Crippen molar-refractivity contribution in [3.8, 4) is 11.5 Å². The molecule has 1 amide bonds. The zero-order valence-corrected chi connectivity index (χ0v) is 13.2. The summed E-state index contributed by atoms with van der Waals surface area (Å²) in [5, 5.41) is 2.83. The highest BCUT2D eigenvalue weighted by atomic mass is 19.3. The van der Waals surface area contributed by atoms with E-state index in [4.69, 9.17) is 4.74 Å². The van der Waals surface area contributed by atoms with Crippen LogP contribution < -0.4 is 14.8 Å². The van der Waals surface area contributed by atoms with Crippen molar-refractivity contribution >= 4 is 5.91 Å². The number of hydrogen-bond donors (Lipinski definition) is 1. The van der Waals surface area contributed by atoms with Crippen LogP contribution in [0.25, 0.3) is 0 Å². The predicted molar refractivity (Wildman–Crippen MR) is 81.8 cm³/mol. The summed E-state index contributed by atoms with van der Waals surface area (Å²) in [4.78, 5) is 14.1. The van der Waals surface area contributed by atoms with E-state index in [1.807, 2.05) is 0 Å². The molecule has 1 heterocycles. The van der Waals surface area contributed by atoms with E-state index in [0.29, 0.717) is 13.1 Å². The number of carbonyl (C=O) groups is 1. The molecule has 1 aromatic carbocycles. The van der Waals surface area contributed by atoms with Gasteiger partial charge >= 0.3 is 6.61 Å². The molecule has 1 aliphatic heterocycles. The van der Waals surface area contributed by atoms with Gasteiger partial charge in [0.1, 0.15) is 0 Å². The second kappa shape index (κ2) is 8.67. The van der Waals surface area contributed by atoms with Gasteiger partial charge in [-0.3, -0.25) is 9.69 Å². The Kier molecular flexibility index (Phi) is 6.58. The molecule has 0 saturated carbocycles. The van der Waals surface area contributed by atoms with Gasteiger partial charge in [0.25, 0.3) is 0 Å². The van der Waals surface area contributed by atoms with Crippen molar-refractivity contribution < 1.29 is 23.0 Å². The molecule has 1 aromatic rings. The van der Waals surface area contributed by atoms with E-state index in [1.54, 1.807) is 12.1 Å². The zero-order chi connectivity index (χ0) is 16.7. The number of amides is 1. The summed E-state index contributed by atoms with van der Waals surface area (Å²) in [5.41, 5.74) is 0.760. The van der Waals surface area contributed by atoms with E-state index >= 15 is 0 Å².